The van der Waals surface area contributed by atoms with Gasteiger partial charge in [0.1, 0.15) is 0 Å². The van der Waals surface area contributed by atoms with Crippen molar-refractivity contribution in [2.45, 2.75) is 65.3 Å². The number of rotatable bonds is 5. The minimum Gasteiger partial charge on any atom is -0.309 e. The lowest BCUT2D eigenvalue weighted by Crippen LogP contribution is -2.59. The highest BCUT2D eigenvalue weighted by Crippen LogP contribution is 2.46. The zero-order valence-corrected chi connectivity index (χ0v) is 29.6. The van der Waals surface area contributed by atoms with Gasteiger partial charge in [-0.2, -0.15) is 4.57 Å². The van der Waals surface area contributed by atoms with Gasteiger partial charge in [0.15, 0.2) is 11.7 Å². The Morgan fingerprint density at radius 2 is 1.18 bits per heavy atom. The molecular weight excluding hydrogens is 593 g/mol. The number of fused-ring (bicyclic) bond motifs is 6. The third-order valence-electron chi connectivity index (χ3n) is 11.0. The molecule has 5 aromatic carbocycles. The predicted octanol–water partition coefficient (Wildman–Crippen LogP) is 12.3. The number of hydrogen-bond donors (Lipinski definition) is 0. The Balaban J connectivity index is 1.40. The van der Waals surface area contributed by atoms with E-state index in [1.54, 1.807) is 0 Å². The molecule has 49 heavy (non-hydrogen) atoms. The second kappa shape index (κ2) is 11.7. The Bertz CT molecular complexity index is 2280. The molecular formula is C47H45N2+. The lowest BCUT2D eigenvalue weighted by atomic mass is 9.73. The van der Waals surface area contributed by atoms with E-state index in [1.807, 2.05) is 0 Å². The Labute approximate surface area is 291 Å². The van der Waals surface area contributed by atoms with Crippen molar-refractivity contribution in [3.05, 3.63) is 151 Å². The maximum Gasteiger partial charge on any atom is 0.215 e. The Hall–Kier alpha value is -5.21. The summed E-state index contributed by atoms with van der Waals surface area (Å²) in [5.41, 5.74) is 15.3. The monoisotopic (exact) mass is 637 g/mol. The Kier molecular flexibility index (Phi) is 7.45. The Morgan fingerprint density at radius 1 is 0.612 bits per heavy atom. The van der Waals surface area contributed by atoms with E-state index in [0.29, 0.717) is 0 Å². The van der Waals surface area contributed by atoms with Crippen LogP contribution in [0, 0.1) is 0 Å². The van der Waals surface area contributed by atoms with E-state index in [4.69, 9.17) is 0 Å². The van der Waals surface area contributed by atoms with Crippen LogP contribution in [0.5, 0.6) is 0 Å². The van der Waals surface area contributed by atoms with Gasteiger partial charge in [-0.3, -0.25) is 0 Å². The van der Waals surface area contributed by atoms with Gasteiger partial charge in [0.05, 0.1) is 22.3 Å². The van der Waals surface area contributed by atoms with E-state index in [0.717, 1.165) is 12.8 Å². The van der Waals surface area contributed by atoms with Crippen molar-refractivity contribution in [2.75, 3.05) is 0 Å². The van der Waals surface area contributed by atoms with Crippen LogP contribution in [0.15, 0.2) is 140 Å². The van der Waals surface area contributed by atoms with Gasteiger partial charge in [0, 0.05) is 41.3 Å². The molecule has 0 saturated carbocycles. The van der Waals surface area contributed by atoms with E-state index < -0.39 is 0 Å². The topological polar surface area (TPSA) is 8.81 Å². The van der Waals surface area contributed by atoms with Crippen molar-refractivity contribution < 1.29 is 4.57 Å². The van der Waals surface area contributed by atoms with Crippen LogP contribution in [-0.4, -0.2) is 4.57 Å². The molecule has 2 heteroatoms. The SMILES string of the molecule is CC=C1c2cc(C(C)(C)C)ccc2-c2cc(-n3c4ccc(-c5ccccc5)cc4c4cc(-c5ccccc5)ccc43)cc[n+]2C1(CC)CC. The van der Waals surface area contributed by atoms with Gasteiger partial charge in [0.25, 0.3) is 0 Å². The van der Waals surface area contributed by atoms with Gasteiger partial charge in [-0.25, -0.2) is 0 Å². The highest BCUT2D eigenvalue weighted by molar-refractivity contribution is 6.11. The molecule has 2 aromatic heterocycles. The molecule has 7 aromatic rings. The van der Waals surface area contributed by atoms with Crippen LogP contribution in [0.3, 0.4) is 0 Å². The molecule has 3 heterocycles. The molecule has 0 unspecified atom stereocenters. The van der Waals surface area contributed by atoms with Crippen molar-refractivity contribution >= 4 is 27.4 Å². The summed E-state index contributed by atoms with van der Waals surface area (Å²) in [7, 11) is 0. The van der Waals surface area contributed by atoms with E-state index in [9.17, 15) is 0 Å². The fraction of sp³-hybridized carbons (Fsp3) is 0.213. The van der Waals surface area contributed by atoms with Crippen LogP contribution in [0.25, 0.3) is 66.6 Å². The first-order valence-corrected chi connectivity index (χ1v) is 17.8. The van der Waals surface area contributed by atoms with E-state index in [2.05, 4.69) is 190 Å². The molecule has 1 aliphatic rings. The molecule has 0 fully saturated rings. The molecule has 1 aliphatic heterocycles. The van der Waals surface area contributed by atoms with Crippen LogP contribution in [0.4, 0.5) is 0 Å². The van der Waals surface area contributed by atoms with Crippen molar-refractivity contribution in [3.63, 3.8) is 0 Å². The predicted molar refractivity (Wildman–Crippen MR) is 208 cm³/mol. The largest absolute Gasteiger partial charge is 0.309 e. The highest BCUT2D eigenvalue weighted by atomic mass is 15.1. The van der Waals surface area contributed by atoms with Crippen molar-refractivity contribution in [3.8, 4) is 39.2 Å². The zero-order chi connectivity index (χ0) is 33.9. The van der Waals surface area contributed by atoms with Gasteiger partial charge < -0.3 is 4.57 Å². The van der Waals surface area contributed by atoms with Crippen LogP contribution < -0.4 is 4.57 Å². The molecule has 0 saturated heterocycles. The van der Waals surface area contributed by atoms with Gasteiger partial charge in [-0.1, -0.05) is 120 Å². The third kappa shape index (κ3) is 4.88. The highest BCUT2D eigenvalue weighted by Gasteiger charge is 2.47. The molecule has 0 amide bonds. The normalized spacial score (nSPS) is 14.7. The van der Waals surface area contributed by atoms with Gasteiger partial charge >= 0.3 is 0 Å². The fourth-order valence-electron chi connectivity index (χ4n) is 8.36. The molecule has 0 radical (unpaired) electrons. The molecule has 0 spiro atoms. The molecule has 8 rings (SSSR count). The first-order valence-electron chi connectivity index (χ1n) is 17.8. The maximum atomic E-state index is 2.57. The second-order valence-electron chi connectivity index (χ2n) is 14.6. The minimum atomic E-state index is -0.109. The summed E-state index contributed by atoms with van der Waals surface area (Å²) in [6, 6.07) is 47.4. The van der Waals surface area contributed by atoms with E-state index >= 15 is 0 Å². The summed E-state index contributed by atoms with van der Waals surface area (Å²) in [5, 5.41) is 2.53. The molecule has 2 nitrogen and oxygen atoms in total. The molecule has 0 N–H and O–H groups in total. The third-order valence-corrected chi connectivity index (χ3v) is 11.0. The summed E-state index contributed by atoms with van der Waals surface area (Å²) in [6.07, 6.45) is 6.78. The lowest BCUT2D eigenvalue weighted by Gasteiger charge is -2.36. The molecule has 0 bridgehead atoms. The van der Waals surface area contributed by atoms with Crippen LogP contribution in [0.2, 0.25) is 0 Å². The summed E-state index contributed by atoms with van der Waals surface area (Å²) >= 11 is 0. The summed E-state index contributed by atoms with van der Waals surface area (Å²) < 4.78 is 5.04. The Morgan fingerprint density at radius 3 is 1.69 bits per heavy atom. The number of benzene rings is 5. The summed E-state index contributed by atoms with van der Waals surface area (Å²) in [4.78, 5) is 0. The zero-order valence-electron chi connectivity index (χ0n) is 29.6. The molecule has 0 aliphatic carbocycles. The van der Waals surface area contributed by atoms with Crippen LogP contribution >= 0.6 is 0 Å². The number of hydrogen-bond acceptors (Lipinski definition) is 0. The van der Waals surface area contributed by atoms with Crippen molar-refractivity contribution in [1.29, 1.82) is 0 Å². The number of pyridine rings is 1. The summed E-state index contributed by atoms with van der Waals surface area (Å²) in [6.45, 7) is 13.9. The second-order valence-corrected chi connectivity index (χ2v) is 14.6. The molecule has 0 atom stereocenters. The standard InChI is InChI=1S/C47H45N2/c1-7-42-39-30-36(46(4,5)6)22-23-38(39)45-31-37(26-27-48(45)47(42,8-2)9-3)49-43-24-20-34(32-16-12-10-13-17-32)28-40(43)41-29-35(21-25-44(41)49)33-18-14-11-15-19-33/h7,10-31H,8-9H2,1-6H3/q+1. The van der Waals surface area contributed by atoms with Crippen molar-refractivity contribution in [2.24, 2.45) is 0 Å². The molecule has 242 valence electrons. The summed E-state index contributed by atoms with van der Waals surface area (Å²) in [5.74, 6) is 0. The van der Waals surface area contributed by atoms with E-state index in [-0.39, 0.29) is 11.0 Å². The van der Waals surface area contributed by atoms with Crippen LogP contribution in [0.1, 0.15) is 65.5 Å². The van der Waals surface area contributed by atoms with Gasteiger partial charge in [0.2, 0.25) is 5.69 Å². The first kappa shape index (κ1) is 31.1. The van der Waals surface area contributed by atoms with Gasteiger partial charge in [-0.15, -0.1) is 0 Å². The fourth-order valence-corrected chi connectivity index (χ4v) is 8.36. The number of nitrogens with zero attached hydrogens (tertiary/aromatic N) is 2. The maximum absolute atomic E-state index is 2.57. The average molecular weight is 638 g/mol. The lowest BCUT2D eigenvalue weighted by molar-refractivity contribution is -0.741. The minimum absolute atomic E-state index is 0.0738. The first-order chi connectivity index (χ1) is 23.8. The quantitative estimate of drug-likeness (QED) is 0.166. The number of aromatic nitrogens is 2. The average Bonchev–Trinajstić information content (AvgIpc) is 3.47. The number of allylic oxidation sites excluding steroid dienone is 2. The smallest absolute Gasteiger partial charge is 0.215 e. The van der Waals surface area contributed by atoms with Crippen molar-refractivity contribution in [1.82, 2.24) is 4.57 Å². The van der Waals surface area contributed by atoms with E-state index in [1.165, 1.54) is 77.7 Å². The van der Waals surface area contributed by atoms with Gasteiger partial charge in [-0.05, 0) is 82.1 Å². The van der Waals surface area contributed by atoms with Crippen LogP contribution in [-0.2, 0) is 11.0 Å².